The molecule has 2 atom stereocenters. The van der Waals surface area contributed by atoms with Gasteiger partial charge in [0.2, 0.25) is 0 Å². The SMILES string of the molecule is CC(C)CNCc1ccc(OC(C)C(C)O)c([N+](=O)[O-])c1. The van der Waals surface area contributed by atoms with Crippen LogP contribution in [0.25, 0.3) is 0 Å². The molecule has 1 aromatic carbocycles. The summed E-state index contributed by atoms with van der Waals surface area (Å²) in [5.74, 6) is 0.704. The van der Waals surface area contributed by atoms with Gasteiger partial charge in [-0.3, -0.25) is 10.1 Å². The number of aliphatic hydroxyl groups is 1. The van der Waals surface area contributed by atoms with Gasteiger partial charge in [-0.2, -0.15) is 0 Å². The molecule has 0 fully saturated rings. The van der Waals surface area contributed by atoms with Crippen molar-refractivity contribution in [1.82, 2.24) is 5.32 Å². The van der Waals surface area contributed by atoms with Crippen molar-refractivity contribution < 1.29 is 14.8 Å². The Hall–Kier alpha value is -1.66. The third kappa shape index (κ3) is 5.69. The molecule has 0 heterocycles. The zero-order valence-electron chi connectivity index (χ0n) is 13.0. The molecule has 118 valence electrons. The maximum atomic E-state index is 11.2. The number of nitrogens with zero attached hydrogens (tertiary/aromatic N) is 1. The van der Waals surface area contributed by atoms with Crippen molar-refractivity contribution in [3.8, 4) is 5.75 Å². The molecule has 0 radical (unpaired) electrons. The Balaban J connectivity index is 2.84. The van der Waals surface area contributed by atoms with Crippen LogP contribution in [-0.4, -0.2) is 28.8 Å². The Kier molecular flexibility index (Phi) is 6.58. The molecule has 0 aliphatic rings. The second-order valence-electron chi connectivity index (χ2n) is 5.65. The average Bonchev–Trinajstić information content (AvgIpc) is 2.39. The number of hydrogen-bond acceptors (Lipinski definition) is 5. The van der Waals surface area contributed by atoms with Crippen molar-refractivity contribution in [2.45, 2.75) is 46.4 Å². The van der Waals surface area contributed by atoms with Gasteiger partial charge in [-0.05, 0) is 37.9 Å². The third-order valence-electron chi connectivity index (χ3n) is 3.09. The summed E-state index contributed by atoms with van der Waals surface area (Å²) in [5, 5.41) is 23.8. The second-order valence-corrected chi connectivity index (χ2v) is 5.65. The molecule has 0 saturated heterocycles. The van der Waals surface area contributed by atoms with Gasteiger partial charge in [-0.1, -0.05) is 19.9 Å². The van der Waals surface area contributed by atoms with Crippen LogP contribution in [0, 0.1) is 16.0 Å². The summed E-state index contributed by atoms with van der Waals surface area (Å²) in [7, 11) is 0. The molecule has 0 aromatic heterocycles. The average molecular weight is 296 g/mol. The fraction of sp³-hybridized carbons (Fsp3) is 0.600. The zero-order chi connectivity index (χ0) is 16.0. The Morgan fingerprint density at radius 3 is 2.52 bits per heavy atom. The number of nitro benzene ring substituents is 1. The number of nitro groups is 1. The first-order chi connectivity index (χ1) is 9.81. The Bertz CT molecular complexity index is 475. The topological polar surface area (TPSA) is 84.6 Å². The predicted octanol–water partition coefficient (Wildman–Crippen LogP) is 2.49. The van der Waals surface area contributed by atoms with Crippen LogP contribution >= 0.6 is 0 Å². The minimum Gasteiger partial charge on any atom is -0.481 e. The lowest BCUT2D eigenvalue weighted by atomic mass is 10.1. The molecule has 0 bridgehead atoms. The van der Waals surface area contributed by atoms with Gasteiger partial charge in [0.05, 0.1) is 11.0 Å². The minimum absolute atomic E-state index is 0.0775. The maximum Gasteiger partial charge on any atom is 0.311 e. The van der Waals surface area contributed by atoms with Gasteiger partial charge in [0.15, 0.2) is 5.75 Å². The van der Waals surface area contributed by atoms with E-state index in [-0.39, 0.29) is 11.4 Å². The molecular formula is C15H24N2O4. The van der Waals surface area contributed by atoms with Gasteiger partial charge in [-0.15, -0.1) is 0 Å². The van der Waals surface area contributed by atoms with E-state index in [2.05, 4.69) is 19.2 Å². The smallest absolute Gasteiger partial charge is 0.311 e. The van der Waals surface area contributed by atoms with Crippen LogP contribution in [0.3, 0.4) is 0 Å². The molecule has 6 heteroatoms. The molecule has 0 spiro atoms. The van der Waals surface area contributed by atoms with E-state index in [1.54, 1.807) is 26.0 Å². The van der Waals surface area contributed by atoms with Gasteiger partial charge < -0.3 is 15.2 Å². The molecule has 1 aromatic rings. The van der Waals surface area contributed by atoms with Crippen LogP contribution in [0.1, 0.15) is 33.3 Å². The standard InChI is InChI=1S/C15H24N2O4/c1-10(2)8-16-9-13-5-6-15(14(7-13)17(19)20)21-12(4)11(3)18/h5-7,10-12,16,18H,8-9H2,1-4H3. The molecule has 1 rings (SSSR count). The fourth-order valence-electron chi connectivity index (χ4n) is 1.72. The van der Waals surface area contributed by atoms with Gasteiger partial charge >= 0.3 is 5.69 Å². The largest absolute Gasteiger partial charge is 0.481 e. The lowest BCUT2D eigenvalue weighted by molar-refractivity contribution is -0.386. The summed E-state index contributed by atoms with van der Waals surface area (Å²) in [6.45, 7) is 8.89. The number of benzene rings is 1. The number of rotatable bonds is 8. The fourth-order valence-corrected chi connectivity index (χ4v) is 1.72. The van der Waals surface area contributed by atoms with E-state index in [4.69, 9.17) is 4.74 Å². The van der Waals surface area contributed by atoms with Crippen molar-refractivity contribution in [3.63, 3.8) is 0 Å². The summed E-state index contributed by atoms with van der Waals surface area (Å²) in [5.41, 5.74) is 0.755. The van der Waals surface area contributed by atoms with Crippen molar-refractivity contribution >= 4 is 5.69 Å². The molecule has 2 unspecified atom stereocenters. The molecule has 6 nitrogen and oxygen atoms in total. The number of nitrogens with one attached hydrogen (secondary N) is 1. The van der Waals surface area contributed by atoms with Crippen LogP contribution in [0.4, 0.5) is 5.69 Å². The summed E-state index contributed by atoms with van der Waals surface area (Å²) < 4.78 is 5.45. The highest BCUT2D eigenvalue weighted by molar-refractivity contribution is 5.48. The predicted molar refractivity (Wildman–Crippen MR) is 81.4 cm³/mol. The first kappa shape index (κ1) is 17.4. The summed E-state index contributed by atoms with van der Waals surface area (Å²) >= 11 is 0. The van der Waals surface area contributed by atoms with E-state index in [0.29, 0.717) is 12.5 Å². The van der Waals surface area contributed by atoms with E-state index in [9.17, 15) is 15.2 Å². The van der Waals surface area contributed by atoms with Crippen molar-refractivity contribution in [2.24, 2.45) is 5.92 Å². The first-order valence-electron chi connectivity index (χ1n) is 7.14. The molecule has 21 heavy (non-hydrogen) atoms. The van der Waals surface area contributed by atoms with Crippen LogP contribution < -0.4 is 10.1 Å². The number of ether oxygens (including phenoxy) is 1. The van der Waals surface area contributed by atoms with Crippen molar-refractivity contribution in [2.75, 3.05) is 6.54 Å². The molecular weight excluding hydrogens is 272 g/mol. The monoisotopic (exact) mass is 296 g/mol. The summed E-state index contributed by atoms with van der Waals surface area (Å²) in [6.07, 6.45) is -1.20. The van der Waals surface area contributed by atoms with E-state index < -0.39 is 17.1 Å². The molecule has 2 N–H and O–H groups in total. The molecule has 0 aliphatic carbocycles. The molecule has 0 aliphatic heterocycles. The van der Waals surface area contributed by atoms with E-state index in [1.807, 2.05) is 0 Å². The molecule has 0 amide bonds. The second kappa shape index (κ2) is 7.95. The van der Waals surface area contributed by atoms with Crippen LogP contribution in [0.15, 0.2) is 18.2 Å². The third-order valence-corrected chi connectivity index (χ3v) is 3.09. The highest BCUT2D eigenvalue weighted by atomic mass is 16.6. The van der Waals surface area contributed by atoms with Crippen molar-refractivity contribution in [3.05, 3.63) is 33.9 Å². The van der Waals surface area contributed by atoms with Gasteiger partial charge in [0.1, 0.15) is 6.10 Å². The minimum atomic E-state index is -0.697. The Morgan fingerprint density at radius 1 is 1.33 bits per heavy atom. The Labute approximate surface area is 125 Å². The maximum absolute atomic E-state index is 11.2. The lowest BCUT2D eigenvalue weighted by Crippen LogP contribution is -2.26. The number of hydrogen-bond donors (Lipinski definition) is 2. The van der Waals surface area contributed by atoms with Crippen LogP contribution in [0.2, 0.25) is 0 Å². The normalized spacial score (nSPS) is 14.0. The van der Waals surface area contributed by atoms with Gasteiger partial charge in [0.25, 0.3) is 0 Å². The Morgan fingerprint density at radius 2 is 2.00 bits per heavy atom. The first-order valence-corrected chi connectivity index (χ1v) is 7.14. The lowest BCUT2D eigenvalue weighted by Gasteiger charge is -2.17. The highest BCUT2D eigenvalue weighted by Gasteiger charge is 2.20. The molecule has 0 saturated carbocycles. The highest BCUT2D eigenvalue weighted by Crippen LogP contribution is 2.29. The summed E-state index contributed by atoms with van der Waals surface area (Å²) in [6, 6.07) is 4.89. The summed E-state index contributed by atoms with van der Waals surface area (Å²) in [4.78, 5) is 10.7. The van der Waals surface area contributed by atoms with E-state index >= 15 is 0 Å². The van der Waals surface area contributed by atoms with Crippen molar-refractivity contribution in [1.29, 1.82) is 0 Å². The van der Waals surface area contributed by atoms with Crippen LogP contribution in [-0.2, 0) is 6.54 Å². The quantitative estimate of drug-likeness (QED) is 0.568. The number of aliphatic hydroxyl groups excluding tert-OH is 1. The van der Waals surface area contributed by atoms with Gasteiger partial charge in [-0.25, -0.2) is 0 Å². The van der Waals surface area contributed by atoms with Crippen LogP contribution in [0.5, 0.6) is 5.75 Å². The van der Waals surface area contributed by atoms with E-state index in [1.165, 1.54) is 6.07 Å². The zero-order valence-corrected chi connectivity index (χ0v) is 13.0. The van der Waals surface area contributed by atoms with E-state index in [0.717, 1.165) is 12.1 Å². The van der Waals surface area contributed by atoms with Gasteiger partial charge in [0, 0.05) is 12.6 Å².